The molecule has 120 valence electrons. The summed E-state index contributed by atoms with van der Waals surface area (Å²) >= 11 is 1.14. The average molecular weight is 338 g/mol. The first-order valence-corrected chi connectivity index (χ1v) is 8.00. The van der Waals surface area contributed by atoms with E-state index in [4.69, 9.17) is 10.5 Å². The summed E-state index contributed by atoms with van der Waals surface area (Å²) < 4.78 is 5.33. The van der Waals surface area contributed by atoms with Crippen molar-refractivity contribution in [2.45, 2.75) is 6.92 Å². The van der Waals surface area contributed by atoms with Gasteiger partial charge in [-0.25, -0.2) is 4.79 Å². The molecule has 1 aliphatic heterocycles. The van der Waals surface area contributed by atoms with Crippen LogP contribution in [0.15, 0.2) is 58.4 Å². The number of nitrogens with zero attached hydrogens (tertiary/aromatic N) is 1. The van der Waals surface area contributed by atoms with Crippen molar-refractivity contribution < 1.29 is 14.3 Å². The van der Waals surface area contributed by atoms with Gasteiger partial charge in [-0.3, -0.25) is 4.79 Å². The summed E-state index contributed by atoms with van der Waals surface area (Å²) in [4.78, 5) is 27.7. The maximum absolute atomic E-state index is 12.1. The van der Waals surface area contributed by atoms with E-state index in [2.05, 4.69) is 4.99 Å². The first-order chi connectivity index (χ1) is 11.5. The number of amides is 1. The normalized spacial score (nSPS) is 15.5. The quantitative estimate of drug-likeness (QED) is 0.528. The van der Waals surface area contributed by atoms with Gasteiger partial charge >= 0.3 is 5.97 Å². The first-order valence-electron chi connectivity index (χ1n) is 7.18. The van der Waals surface area contributed by atoms with Crippen LogP contribution in [0.4, 0.5) is 0 Å². The Labute approximate surface area is 143 Å². The fourth-order valence-electron chi connectivity index (χ4n) is 2.06. The minimum atomic E-state index is -0.413. The van der Waals surface area contributed by atoms with E-state index >= 15 is 0 Å². The van der Waals surface area contributed by atoms with Crippen LogP contribution in [0.5, 0.6) is 5.75 Å². The minimum Gasteiger partial charge on any atom is -0.423 e. The van der Waals surface area contributed by atoms with Crippen LogP contribution < -0.4 is 10.5 Å². The standard InChI is InChI=1S/C18H14N2O3S/c1-11-2-6-13(7-3-11)17(22)23-14-8-4-12(5-9-14)10-15-16(21)20-18(19)24-15/h2-10H,1H3,(H2,19,20,21)/b15-10+. The number of amidine groups is 1. The second kappa shape index (κ2) is 6.72. The molecule has 0 saturated carbocycles. The fraction of sp³-hybridized carbons (Fsp3) is 0.0556. The molecule has 0 unspecified atom stereocenters. The van der Waals surface area contributed by atoms with Gasteiger partial charge in [-0.15, -0.1) is 0 Å². The molecule has 0 bridgehead atoms. The number of ether oxygens (including phenoxy) is 1. The lowest BCUT2D eigenvalue weighted by atomic mass is 10.1. The zero-order valence-corrected chi connectivity index (χ0v) is 13.7. The number of carbonyl (C=O) groups is 2. The third-order valence-electron chi connectivity index (χ3n) is 3.31. The summed E-state index contributed by atoms with van der Waals surface area (Å²) in [6.45, 7) is 1.95. The summed E-state index contributed by atoms with van der Waals surface area (Å²) in [5, 5.41) is 0.245. The zero-order chi connectivity index (χ0) is 17.1. The Kier molecular flexibility index (Phi) is 4.48. The van der Waals surface area contributed by atoms with Gasteiger partial charge in [-0.2, -0.15) is 4.99 Å². The first kappa shape index (κ1) is 16.0. The van der Waals surface area contributed by atoms with Gasteiger partial charge in [0.05, 0.1) is 10.5 Å². The molecule has 1 amide bonds. The van der Waals surface area contributed by atoms with Crippen molar-refractivity contribution in [3.8, 4) is 5.75 Å². The maximum Gasteiger partial charge on any atom is 0.343 e. The van der Waals surface area contributed by atoms with E-state index in [-0.39, 0.29) is 11.1 Å². The summed E-state index contributed by atoms with van der Waals surface area (Å²) in [6, 6.07) is 14.0. The van der Waals surface area contributed by atoms with Crippen LogP contribution in [0, 0.1) is 6.92 Å². The molecule has 2 aromatic carbocycles. The molecule has 3 rings (SSSR count). The average Bonchev–Trinajstić information content (AvgIpc) is 2.87. The molecule has 0 saturated heterocycles. The Morgan fingerprint density at radius 2 is 1.79 bits per heavy atom. The molecule has 6 heteroatoms. The minimum absolute atomic E-state index is 0.245. The van der Waals surface area contributed by atoms with Gasteiger partial charge in [0.25, 0.3) is 5.91 Å². The molecule has 2 aromatic rings. The van der Waals surface area contributed by atoms with Crippen molar-refractivity contribution in [2.24, 2.45) is 10.7 Å². The predicted octanol–water partition coefficient (Wildman–Crippen LogP) is 3.14. The number of hydrogen-bond acceptors (Lipinski definition) is 5. The van der Waals surface area contributed by atoms with Gasteiger partial charge in [0.1, 0.15) is 5.75 Å². The number of hydrogen-bond donors (Lipinski definition) is 1. The highest BCUT2D eigenvalue weighted by atomic mass is 32.2. The highest BCUT2D eigenvalue weighted by Crippen LogP contribution is 2.27. The summed E-state index contributed by atoms with van der Waals surface area (Å²) in [5.41, 5.74) is 7.87. The Bertz CT molecular complexity index is 853. The number of aryl methyl sites for hydroxylation is 1. The lowest BCUT2D eigenvalue weighted by molar-refractivity contribution is -0.113. The third-order valence-corrected chi connectivity index (χ3v) is 4.13. The van der Waals surface area contributed by atoms with Gasteiger partial charge < -0.3 is 10.5 Å². The van der Waals surface area contributed by atoms with Crippen molar-refractivity contribution in [1.82, 2.24) is 0 Å². The highest BCUT2D eigenvalue weighted by Gasteiger charge is 2.19. The van der Waals surface area contributed by atoms with E-state index in [0.717, 1.165) is 22.9 Å². The molecule has 24 heavy (non-hydrogen) atoms. The summed E-state index contributed by atoms with van der Waals surface area (Å²) in [5.74, 6) is -0.319. The number of esters is 1. The van der Waals surface area contributed by atoms with Crippen LogP contribution in [-0.2, 0) is 4.79 Å². The van der Waals surface area contributed by atoms with Crippen LogP contribution in [0.2, 0.25) is 0 Å². The van der Waals surface area contributed by atoms with Crippen LogP contribution in [0.3, 0.4) is 0 Å². The largest absolute Gasteiger partial charge is 0.423 e. The lowest BCUT2D eigenvalue weighted by Gasteiger charge is -2.05. The van der Waals surface area contributed by atoms with Crippen molar-refractivity contribution in [3.63, 3.8) is 0 Å². The second-order valence-electron chi connectivity index (χ2n) is 5.19. The van der Waals surface area contributed by atoms with Crippen molar-refractivity contribution in [3.05, 3.63) is 70.1 Å². The van der Waals surface area contributed by atoms with Crippen LogP contribution in [0.25, 0.3) is 6.08 Å². The molecular weight excluding hydrogens is 324 g/mol. The third kappa shape index (κ3) is 3.72. The Morgan fingerprint density at radius 3 is 2.38 bits per heavy atom. The van der Waals surface area contributed by atoms with Crippen molar-refractivity contribution in [1.29, 1.82) is 0 Å². The Hall–Kier alpha value is -2.86. The van der Waals surface area contributed by atoms with Crippen LogP contribution >= 0.6 is 11.8 Å². The molecule has 0 atom stereocenters. The van der Waals surface area contributed by atoms with Gasteiger partial charge in [0.15, 0.2) is 5.17 Å². The molecule has 0 spiro atoms. The Morgan fingerprint density at radius 1 is 1.12 bits per heavy atom. The lowest BCUT2D eigenvalue weighted by Crippen LogP contribution is -2.08. The molecule has 0 aromatic heterocycles. The van der Waals surface area contributed by atoms with Crippen LogP contribution in [0.1, 0.15) is 21.5 Å². The molecule has 0 radical (unpaired) electrons. The van der Waals surface area contributed by atoms with Crippen molar-refractivity contribution >= 4 is 34.9 Å². The number of nitrogens with two attached hydrogens (primary N) is 1. The molecule has 0 fully saturated rings. The van der Waals surface area contributed by atoms with Crippen LogP contribution in [-0.4, -0.2) is 17.0 Å². The smallest absolute Gasteiger partial charge is 0.343 e. The molecular formula is C18H14N2O3S. The molecule has 5 nitrogen and oxygen atoms in total. The van der Waals surface area contributed by atoms with Gasteiger partial charge in [-0.1, -0.05) is 29.8 Å². The monoisotopic (exact) mass is 338 g/mol. The number of carbonyl (C=O) groups excluding carboxylic acids is 2. The molecule has 2 N–H and O–H groups in total. The summed E-state index contributed by atoms with van der Waals surface area (Å²) in [6.07, 6.45) is 1.70. The maximum atomic E-state index is 12.1. The van der Waals surface area contributed by atoms with E-state index < -0.39 is 5.97 Å². The predicted molar refractivity (Wildman–Crippen MR) is 94.8 cm³/mol. The SMILES string of the molecule is Cc1ccc(C(=O)Oc2ccc(/C=C3/SC(N)=NC3=O)cc2)cc1. The molecule has 1 heterocycles. The number of thioether (sulfide) groups is 1. The highest BCUT2D eigenvalue weighted by molar-refractivity contribution is 8.18. The number of benzene rings is 2. The molecule has 0 aliphatic carbocycles. The zero-order valence-electron chi connectivity index (χ0n) is 12.9. The van der Waals surface area contributed by atoms with E-state index in [1.165, 1.54) is 0 Å². The van der Waals surface area contributed by atoms with Crippen molar-refractivity contribution in [2.75, 3.05) is 0 Å². The number of aliphatic imine (C=N–C) groups is 1. The topological polar surface area (TPSA) is 81.8 Å². The van der Waals surface area contributed by atoms with Gasteiger partial charge in [0, 0.05) is 0 Å². The van der Waals surface area contributed by atoms with E-state index in [0.29, 0.717) is 16.2 Å². The summed E-state index contributed by atoms with van der Waals surface area (Å²) in [7, 11) is 0. The Balaban J connectivity index is 1.69. The van der Waals surface area contributed by atoms with E-state index in [1.807, 2.05) is 19.1 Å². The second-order valence-corrected chi connectivity index (χ2v) is 6.25. The molecule has 1 aliphatic rings. The van der Waals surface area contributed by atoms with E-state index in [1.54, 1.807) is 42.5 Å². The van der Waals surface area contributed by atoms with E-state index in [9.17, 15) is 9.59 Å². The fourth-order valence-corrected chi connectivity index (χ4v) is 2.75. The van der Waals surface area contributed by atoms with Gasteiger partial charge in [0.2, 0.25) is 0 Å². The van der Waals surface area contributed by atoms with Gasteiger partial charge in [-0.05, 0) is 54.6 Å². The number of rotatable bonds is 3.